The molecule has 0 atom stereocenters. The molecule has 0 spiro atoms. The third kappa shape index (κ3) is 2.52. The second kappa shape index (κ2) is 5.62. The molecule has 4 aromatic rings. The van der Waals surface area contributed by atoms with Crippen LogP contribution < -0.4 is 11.5 Å². The van der Waals surface area contributed by atoms with Gasteiger partial charge in [0.25, 0.3) is 0 Å². The van der Waals surface area contributed by atoms with Gasteiger partial charge in [-0.3, -0.25) is 4.57 Å². The molecule has 0 saturated heterocycles. The summed E-state index contributed by atoms with van der Waals surface area (Å²) >= 11 is 0. The highest BCUT2D eigenvalue weighted by molar-refractivity contribution is 5.78. The van der Waals surface area contributed by atoms with Crippen molar-refractivity contribution in [1.29, 1.82) is 0 Å². The number of hydrogen-bond acceptors (Lipinski definition) is 6. The van der Waals surface area contributed by atoms with Gasteiger partial charge in [0, 0.05) is 5.69 Å². The molecular formula is C17H15N7. The van der Waals surface area contributed by atoms with Gasteiger partial charge in [-0.15, -0.1) is 0 Å². The van der Waals surface area contributed by atoms with Crippen molar-refractivity contribution in [3.63, 3.8) is 0 Å². The third-order valence-corrected chi connectivity index (χ3v) is 3.68. The molecule has 24 heavy (non-hydrogen) atoms. The van der Waals surface area contributed by atoms with Gasteiger partial charge in [-0.25, -0.2) is 4.98 Å². The summed E-state index contributed by atoms with van der Waals surface area (Å²) in [5.74, 6) is 1.53. The topological polar surface area (TPSA) is 109 Å². The Bertz CT molecular complexity index is 988. The highest BCUT2D eigenvalue weighted by Gasteiger charge is 2.14. The van der Waals surface area contributed by atoms with E-state index in [9.17, 15) is 0 Å². The Morgan fingerprint density at radius 3 is 2.17 bits per heavy atom. The number of anilines is 2. The van der Waals surface area contributed by atoms with Crippen molar-refractivity contribution in [3.05, 3.63) is 66.2 Å². The van der Waals surface area contributed by atoms with Crippen LogP contribution in [-0.4, -0.2) is 24.5 Å². The number of fused-ring (bicyclic) bond motifs is 1. The molecule has 7 nitrogen and oxygen atoms in total. The zero-order valence-corrected chi connectivity index (χ0v) is 12.8. The van der Waals surface area contributed by atoms with Crippen molar-refractivity contribution < 1.29 is 0 Å². The van der Waals surface area contributed by atoms with Gasteiger partial charge in [0.15, 0.2) is 0 Å². The van der Waals surface area contributed by atoms with E-state index in [1.165, 1.54) is 0 Å². The van der Waals surface area contributed by atoms with Crippen LogP contribution >= 0.6 is 0 Å². The largest absolute Gasteiger partial charge is 0.368 e. The monoisotopic (exact) mass is 317 g/mol. The minimum absolute atomic E-state index is 0.111. The van der Waals surface area contributed by atoms with Crippen LogP contribution in [0.2, 0.25) is 0 Å². The molecule has 0 unspecified atom stereocenters. The number of imidazole rings is 1. The number of rotatable bonds is 3. The molecule has 0 saturated carbocycles. The maximum atomic E-state index is 5.67. The predicted octanol–water partition coefficient (Wildman–Crippen LogP) is 1.97. The fourth-order valence-corrected chi connectivity index (χ4v) is 2.74. The number of nitrogens with zero attached hydrogens (tertiary/aromatic N) is 5. The molecule has 0 amide bonds. The number of benzene rings is 2. The summed E-state index contributed by atoms with van der Waals surface area (Å²) in [6, 6.07) is 18.0. The lowest BCUT2D eigenvalue weighted by Crippen LogP contribution is -2.09. The van der Waals surface area contributed by atoms with E-state index in [1.54, 1.807) is 0 Å². The van der Waals surface area contributed by atoms with Gasteiger partial charge in [0.2, 0.25) is 11.9 Å². The summed E-state index contributed by atoms with van der Waals surface area (Å²) in [5, 5.41) is 0. The summed E-state index contributed by atoms with van der Waals surface area (Å²) in [4.78, 5) is 16.8. The van der Waals surface area contributed by atoms with Gasteiger partial charge in [-0.05, 0) is 24.3 Å². The average Bonchev–Trinajstić information content (AvgIpc) is 2.92. The summed E-state index contributed by atoms with van der Waals surface area (Å²) in [6.07, 6.45) is 0.403. The zero-order valence-electron chi connectivity index (χ0n) is 12.8. The molecule has 0 fully saturated rings. The van der Waals surface area contributed by atoms with Gasteiger partial charge in [0.05, 0.1) is 17.5 Å². The molecule has 0 aliphatic heterocycles. The van der Waals surface area contributed by atoms with Crippen molar-refractivity contribution in [1.82, 2.24) is 24.5 Å². The van der Waals surface area contributed by atoms with Crippen LogP contribution in [0.3, 0.4) is 0 Å². The lowest BCUT2D eigenvalue weighted by Gasteiger charge is -2.09. The van der Waals surface area contributed by atoms with Crippen molar-refractivity contribution in [3.8, 4) is 5.69 Å². The molecule has 2 heterocycles. The van der Waals surface area contributed by atoms with Crippen LogP contribution in [0.5, 0.6) is 0 Å². The van der Waals surface area contributed by atoms with Gasteiger partial charge < -0.3 is 11.5 Å². The fraction of sp³-hybridized carbons (Fsp3) is 0.0588. The van der Waals surface area contributed by atoms with Crippen LogP contribution in [0.15, 0.2) is 54.6 Å². The van der Waals surface area contributed by atoms with E-state index in [1.807, 2.05) is 54.6 Å². The Hall–Kier alpha value is -3.48. The Balaban J connectivity index is 1.88. The summed E-state index contributed by atoms with van der Waals surface area (Å²) < 4.78 is 2.09. The lowest BCUT2D eigenvalue weighted by molar-refractivity contribution is 0.860. The first-order valence-corrected chi connectivity index (χ1v) is 7.48. The highest BCUT2D eigenvalue weighted by Crippen LogP contribution is 2.22. The van der Waals surface area contributed by atoms with E-state index in [0.717, 1.165) is 22.5 Å². The second-order valence-corrected chi connectivity index (χ2v) is 5.33. The lowest BCUT2D eigenvalue weighted by atomic mass is 10.2. The first kappa shape index (κ1) is 14.1. The fourth-order valence-electron chi connectivity index (χ4n) is 2.74. The first-order chi connectivity index (χ1) is 11.7. The minimum atomic E-state index is 0.111. The SMILES string of the molecule is Nc1nc(N)nc(Cc2nc3ccccc3n2-c2ccccc2)n1. The molecule has 4 N–H and O–H groups in total. The van der Waals surface area contributed by atoms with Crippen LogP contribution in [-0.2, 0) is 6.42 Å². The van der Waals surface area contributed by atoms with Crippen LogP contribution in [0, 0.1) is 0 Å². The van der Waals surface area contributed by atoms with Gasteiger partial charge in [-0.2, -0.15) is 15.0 Å². The van der Waals surface area contributed by atoms with Gasteiger partial charge in [0.1, 0.15) is 11.6 Å². The number of nitrogen functional groups attached to an aromatic ring is 2. The maximum Gasteiger partial charge on any atom is 0.225 e. The van der Waals surface area contributed by atoms with E-state index in [4.69, 9.17) is 16.5 Å². The Labute approximate surface area is 138 Å². The van der Waals surface area contributed by atoms with Crippen LogP contribution in [0.1, 0.15) is 11.6 Å². The first-order valence-electron chi connectivity index (χ1n) is 7.48. The number of aromatic nitrogens is 5. The maximum absolute atomic E-state index is 5.67. The van der Waals surface area contributed by atoms with E-state index < -0.39 is 0 Å². The predicted molar refractivity (Wildman–Crippen MR) is 92.5 cm³/mol. The van der Waals surface area contributed by atoms with Crippen LogP contribution in [0.4, 0.5) is 11.9 Å². The van der Waals surface area contributed by atoms with Gasteiger partial charge in [-0.1, -0.05) is 30.3 Å². The Kier molecular flexibility index (Phi) is 3.31. The molecule has 0 aliphatic carbocycles. The van der Waals surface area contributed by atoms with E-state index in [0.29, 0.717) is 12.2 Å². The normalized spacial score (nSPS) is 11.0. The molecule has 7 heteroatoms. The smallest absolute Gasteiger partial charge is 0.225 e. The number of nitrogens with two attached hydrogens (primary N) is 2. The van der Waals surface area contributed by atoms with Crippen molar-refractivity contribution in [2.45, 2.75) is 6.42 Å². The Morgan fingerprint density at radius 1 is 0.750 bits per heavy atom. The summed E-state index contributed by atoms with van der Waals surface area (Å²) in [6.45, 7) is 0. The molecule has 2 aromatic heterocycles. The van der Waals surface area contributed by atoms with E-state index in [-0.39, 0.29) is 11.9 Å². The van der Waals surface area contributed by atoms with Crippen molar-refractivity contribution >= 4 is 22.9 Å². The molecule has 4 rings (SSSR count). The molecule has 0 radical (unpaired) electrons. The van der Waals surface area contributed by atoms with E-state index >= 15 is 0 Å². The van der Waals surface area contributed by atoms with E-state index in [2.05, 4.69) is 19.5 Å². The Morgan fingerprint density at radius 2 is 1.42 bits per heavy atom. The second-order valence-electron chi connectivity index (χ2n) is 5.33. The minimum Gasteiger partial charge on any atom is -0.368 e. The van der Waals surface area contributed by atoms with Crippen molar-refractivity contribution in [2.24, 2.45) is 0 Å². The quantitative estimate of drug-likeness (QED) is 0.598. The number of para-hydroxylation sites is 3. The van der Waals surface area contributed by atoms with Gasteiger partial charge >= 0.3 is 0 Å². The summed E-state index contributed by atoms with van der Waals surface area (Å²) in [7, 11) is 0. The summed E-state index contributed by atoms with van der Waals surface area (Å²) in [5.41, 5.74) is 14.3. The zero-order chi connectivity index (χ0) is 16.5. The molecule has 118 valence electrons. The third-order valence-electron chi connectivity index (χ3n) is 3.68. The van der Waals surface area contributed by atoms with Crippen LogP contribution in [0.25, 0.3) is 16.7 Å². The molecular weight excluding hydrogens is 302 g/mol. The average molecular weight is 317 g/mol. The molecule has 0 bridgehead atoms. The molecule has 0 aliphatic rings. The highest BCUT2D eigenvalue weighted by atomic mass is 15.2. The standard InChI is InChI=1S/C17H15N7/c18-16-21-14(22-17(19)23-16)10-15-20-12-8-4-5-9-13(12)24(15)11-6-2-1-3-7-11/h1-9H,10H2,(H4,18,19,21,22,23). The van der Waals surface area contributed by atoms with Crippen molar-refractivity contribution in [2.75, 3.05) is 11.5 Å². The number of hydrogen-bond donors (Lipinski definition) is 2. The molecule has 2 aromatic carbocycles.